The van der Waals surface area contributed by atoms with Crippen molar-refractivity contribution in [1.82, 2.24) is 5.32 Å². The average molecular weight is 423 g/mol. The molecule has 0 aromatic heterocycles. The second-order valence-electron chi connectivity index (χ2n) is 6.65. The van der Waals surface area contributed by atoms with Crippen LogP contribution in [0.1, 0.15) is 41.0 Å². The van der Waals surface area contributed by atoms with Crippen LogP contribution in [-0.4, -0.2) is 28.9 Å². The van der Waals surface area contributed by atoms with Gasteiger partial charge in [-0.3, -0.25) is 9.59 Å². The van der Waals surface area contributed by atoms with E-state index in [0.29, 0.717) is 17.0 Å². The number of benzene rings is 2. The van der Waals surface area contributed by atoms with Gasteiger partial charge in [0.15, 0.2) is 0 Å². The van der Waals surface area contributed by atoms with Crippen LogP contribution in [0.4, 0.5) is 5.69 Å². The number of hydrogen-bond donors (Lipinski definition) is 3. The van der Waals surface area contributed by atoms with Crippen molar-refractivity contribution >= 4 is 46.7 Å². The Morgan fingerprint density at radius 3 is 2.29 bits per heavy atom. The Hall–Kier alpha value is -2.57. The van der Waals surface area contributed by atoms with Crippen molar-refractivity contribution < 1.29 is 19.5 Å². The molecule has 2 rings (SSSR count). The first-order valence-corrected chi connectivity index (χ1v) is 9.33. The van der Waals surface area contributed by atoms with Crippen LogP contribution in [0.25, 0.3) is 0 Å². The molecule has 0 spiro atoms. The molecule has 0 saturated carbocycles. The Labute approximate surface area is 172 Å². The molecule has 2 aromatic carbocycles. The average Bonchev–Trinajstić information content (AvgIpc) is 2.62. The zero-order chi connectivity index (χ0) is 20.8. The van der Waals surface area contributed by atoms with Crippen LogP contribution in [0, 0.1) is 5.92 Å². The lowest BCUT2D eigenvalue weighted by Gasteiger charge is -2.17. The van der Waals surface area contributed by atoms with E-state index in [4.69, 9.17) is 23.2 Å². The Balaban J connectivity index is 2.18. The van der Waals surface area contributed by atoms with Gasteiger partial charge < -0.3 is 15.7 Å². The molecule has 6 nitrogen and oxygen atoms in total. The fourth-order valence-electron chi connectivity index (χ4n) is 2.52. The molecule has 2 aromatic rings. The van der Waals surface area contributed by atoms with E-state index in [1.54, 1.807) is 18.2 Å². The third kappa shape index (κ3) is 5.97. The summed E-state index contributed by atoms with van der Waals surface area (Å²) < 4.78 is 0. The van der Waals surface area contributed by atoms with Gasteiger partial charge in [-0.15, -0.1) is 0 Å². The van der Waals surface area contributed by atoms with Crippen LogP contribution in [0.5, 0.6) is 0 Å². The summed E-state index contributed by atoms with van der Waals surface area (Å²) in [7, 11) is 0. The van der Waals surface area contributed by atoms with Crippen LogP contribution in [0.3, 0.4) is 0 Å². The minimum Gasteiger partial charge on any atom is -0.480 e. The number of halogens is 2. The summed E-state index contributed by atoms with van der Waals surface area (Å²) in [5.41, 5.74) is 0.747. The van der Waals surface area contributed by atoms with Gasteiger partial charge in [-0.25, -0.2) is 4.79 Å². The molecule has 3 N–H and O–H groups in total. The Bertz CT molecular complexity index is 900. The highest BCUT2D eigenvalue weighted by molar-refractivity contribution is 6.34. The quantitative estimate of drug-likeness (QED) is 0.612. The third-order valence-corrected chi connectivity index (χ3v) is 4.44. The highest BCUT2D eigenvalue weighted by Crippen LogP contribution is 2.24. The summed E-state index contributed by atoms with van der Waals surface area (Å²) >= 11 is 12.0. The van der Waals surface area contributed by atoms with Gasteiger partial charge in [-0.2, -0.15) is 0 Å². The van der Waals surface area contributed by atoms with Crippen molar-refractivity contribution in [2.24, 2.45) is 5.92 Å². The Kier molecular flexibility index (Phi) is 7.43. The second kappa shape index (κ2) is 9.57. The van der Waals surface area contributed by atoms with Gasteiger partial charge in [0.2, 0.25) is 0 Å². The molecule has 28 heavy (non-hydrogen) atoms. The smallest absolute Gasteiger partial charge is 0.326 e. The molecule has 0 saturated heterocycles. The van der Waals surface area contributed by atoms with E-state index in [1.165, 1.54) is 24.3 Å². The molecule has 0 aliphatic heterocycles. The molecule has 1 unspecified atom stereocenters. The zero-order valence-electron chi connectivity index (χ0n) is 15.3. The number of carbonyl (C=O) groups excluding carboxylic acids is 2. The van der Waals surface area contributed by atoms with Gasteiger partial charge in [0.25, 0.3) is 11.8 Å². The van der Waals surface area contributed by atoms with E-state index in [2.05, 4.69) is 10.6 Å². The number of rotatable bonds is 7. The van der Waals surface area contributed by atoms with Crippen molar-refractivity contribution in [3.8, 4) is 0 Å². The summed E-state index contributed by atoms with van der Waals surface area (Å²) in [6.45, 7) is 3.74. The van der Waals surface area contributed by atoms with E-state index in [9.17, 15) is 19.5 Å². The van der Waals surface area contributed by atoms with E-state index in [1.807, 2.05) is 13.8 Å². The first kappa shape index (κ1) is 21.7. The number of anilines is 1. The maximum Gasteiger partial charge on any atom is 0.326 e. The van der Waals surface area contributed by atoms with Gasteiger partial charge >= 0.3 is 5.97 Å². The Morgan fingerprint density at radius 1 is 1.00 bits per heavy atom. The van der Waals surface area contributed by atoms with Crippen LogP contribution < -0.4 is 10.6 Å². The molecular weight excluding hydrogens is 403 g/mol. The fraction of sp³-hybridized carbons (Fsp3) is 0.250. The molecule has 0 aliphatic carbocycles. The maximum atomic E-state index is 12.5. The summed E-state index contributed by atoms with van der Waals surface area (Å²) in [6.07, 6.45) is 0.299. The number of nitrogens with one attached hydrogen (secondary N) is 2. The SMILES string of the molecule is CC(C)CC(NC(=O)c1ccc(Cl)c(NC(=O)c2cccc(Cl)c2)c1)C(=O)O. The van der Waals surface area contributed by atoms with Crippen LogP contribution >= 0.6 is 23.2 Å². The Morgan fingerprint density at radius 2 is 1.68 bits per heavy atom. The molecule has 148 valence electrons. The van der Waals surface area contributed by atoms with Crippen LogP contribution in [0.15, 0.2) is 42.5 Å². The lowest BCUT2D eigenvalue weighted by atomic mass is 10.0. The van der Waals surface area contributed by atoms with Crippen molar-refractivity contribution in [3.63, 3.8) is 0 Å². The molecule has 0 bridgehead atoms. The predicted molar refractivity (Wildman–Crippen MR) is 109 cm³/mol. The van der Waals surface area contributed by atoms with Crippen LogP contribution in [0.2, 0.25) is 10.0 Å². The molecule has 0 heterocycles. The molecule has 8 heteroatoms. The monoisotopic (exact) mass is 422 g/mol. The van der Waals surface area contributed by atoms with Crippen molar-refractivity contribution in [2.45, 2.75) is 26.3 Å². The highest BCUT2D eigenvalue weighted by Gasteiger charge is 2.22. The number of carboxylic acid groups (broad SMARTS) is 1. The van der Waals surface area contributed by atoms with Crippen molar-refractivity contribution in [2.75, 3.05) is 5.32 Å². The van der Waals surface area contributed by atoms with Gasteiger partial charge in [-0.05, 0) is 48.7 Å². The van der Waals surface area contributed by atoms with E-state index >= 15 is 0 Å². The number of carboxylic acids is 1. The summed E-state index contributed by atoms with van der Waals surface area (Å²) in [5.74, 6) is -2.02. The number of hydrogen-bond acceptors (Lipinski definition) is 3. The summed E-state index contributed by atoms with van der Waals surface area (Å²) in [6, 6.07) is 9.69. The maximum absolute atomic E-state index is 12.5. The zero-order valence-corrected chi connectivity index (χ0v) is 16.8. The molecule has 1 atom stereocenters. The van der Waals surface area contributed by atoms with E-state index in [-0.39, 0.29) is 22.2 Å². The van der Waals surface area contributed by atoms with E-state index in [0.717, 1.165) is 0 Å². The summed E-state index contributed by atoms with van der Waals surface area (Å²) in [4.78, 5) is 36.2. The second-order valence-corrected chi connectivity index (χ2v) is 7.50. The van der Waals surface area contributed by atoms with Gasteiger partial charge in [-0.1, -0.05) is 43.1 Å². The van der Waals surface area contributed by atoms with Crippen LogP contribution in [-0.2, 0) is 4.79 Å². The van der Waals surface area contributed by atoms with Crippen molar-refractivity contribution in [3.05, 3.63) is 63.6 Å². The van der Waals surface area contributed by atoms with Gasteiger partial charge in [0.1, 0.15) is 6.04 Å². The lowest BCUT2D eigenvalue weighted by molar-refractivity contribution is -0.139. The molecule has 0 radical (unpaired) electrons. The fourth-order valence-corrected chi connectivity index (χ4v) is 2.88. The first-order chi connectivity index (χ1) is 13.2. The molecule has 0 fully saturated rings. The molecule has 2 amide bonds. The minimum absolute atomic E-state index is 0.0964. The van der Waals surface area contributed by atoms with Gasteiger partial charge in [0, 0.05) is 16.1 Å². The molecule has 0 aliphatic rings. The number of amides is 2. The predicted octanol–water partition coefficient (Wildman–Crippen LogP) is 4.47. The lowest BCUT2D eigenvalue weighted by Crippen LogP contribution is -2.41. The molecular formula is C20H20Cl2N2O4. The number of aliphatic carboxylic acids is 1. The van der Waals surface area contributed by atoms with Crippen molar-refractivity contribution in [1.29, 1.82) is 0 Å². The topological polar surface area (TPSA) is 95.5 Å². The minimum atomic E-state index is -1.11. The van der Waals surface area contributed by atoms with E-state index < -0.39 is 23.8 Å². The first-order valence-electron chi connectivity index (χ1n) is 8.57. The highest BCUT2D eigenvalue weighted by atomic mass is 35.5. The van der Waals surface area contributed by atoms with Gasteiger partial charge in [0.05, 0.1) is 10.7 Å². The third-order valence-electron chi connectivity index (χ3n) is 3.87. The normalized spacial score (nSPS) is 11.8. The summed E-state index contributed by atoms with van der Waals surface area (Å²) in [5, 5.41) is 15.1. The standard InChI is InChI=1S/C20H20Cl2N2O4/c1-11(2)8-17(20(27)28)24-19(26)13-6-7-15(22)16(10-13)23-18(25)12-4-3-5-14(21)9-12/h3-7,9-11,17H,8H2,1-2H3,(H,23,25)(H,24,26)(H,27,28). The number of carbonyl (C=O) groups is 3. The largest absolute Gasteiger partial charge is 0.480 e.